The van der Waals surface area contributed by atoms with Gasteiger partial charge in [-0.05, 0) is 30.2 Å². The second-order valence-corrected chi connectivity index (χ2v) is 4.23. The van der Waals surface area contributed by atoms with Gasteiger partial charge >= 0.3 is 6.09 Å². The molecule has 8 nitrogen and oxygen atoms in total. The maximum Gasteiger partial charge on any atom is 0.409 e. The topological polar surface area (TPSA) is 85.2 Å². The first-order valence-electron chi connectivity index (χ1n) is 6.11. The van der Waals surface area contributed by atoms with Crippen LogP contribution in [-0.2, 0) is 11.8 Å². The van der Waals surface area contributed by atoms with Gasteiger partial charge in [0.2, 0.25) is 5.95 Å². The van der Waals surface area contributed by atoms with Gasteiger partial charge in [0.15, 0.2) is 0 Å². The van der Waals surface area contributed by atoms with Gasteiger partial charge in [0.1, 0.15) is 0 Å². The van der Waals surface area contributed by atoms with Crippen LogP contribution < -0.4 is 5.32 Å². The molecular formula is C10H18N6O2. The van der Waals surface area contributed by atoms with Crippen molar-refractivity contribution in [3.8, 4) is 0 Å². The van der Waals surface area contributed by atoms with Crippen molar-refractivity contribution in [2.24, 2.45) is 7.05 Å². The molecule has 0 unspecified atom stereocenters. The van der Waals surface area contributed by atoms with Gasteiger partial charge in [0, 0.05) is 26.2 Å². The highest BCUT2D eigenvalue weighted by atomic mass is 16.6. The Kier molecular flexibility index (Phi) is 3.96. The van der Waals surface area contributed by atoms with Crippen molar-refractivity contribution >= 4 is 12.0 Å². The lowest BCUT2D eigenvalue weighted by Gasteiger charge is -2.31. The molecule has 1 aliphatic heterocycles. The van der Waals surface area contributed by atoms with Crippen LogP contribution in [0.3, 0.4) is 0 Å². The van der Waals surface area contributed by atoms with Gasteiger partial charge in [-0.25, -0.2) is 9.48 Å². The number of ether oxygens (including phenoxy) is 1. The minimum Gasteiger partial charge on any atom is -0.450 e. The van der Waals surface area contributed by atoms with Crippen LogP contribution in [0.25, 0.3) is 0 Å². The molecule has 0 radical (unpaired) electrons. The first-order chi connectivity index (χ1) is 8.70. The predicted molar refractivity (Wildman–Crippen MR) is 64.0 cm³/mol. The van der Waals surface area contributed by atoms with Crippen LogP contribution in [0.1, 0.15) is 19.8 Å². The number of rotatable bonds is 3. The summed E-state index contributed by atoms with van der Waals surface area (Å²) < 4.78 is 6.57. The van der Waals surface area contributed by atoms with Crippen LogP contribution in [0, 0.1) is 0 Å². The Balaban J connectivity index is 1.80. The van der Waals surface area contributed by atoms with Gasteiger partial charge in [-0.3, -0.25) is 0 Å². The summed E-state index contributed by atoms with van der Waals surface area (Å²) in [5, 5.41) is 14.5. The molecule has 1 N–H and O–H groups in total. The van der Waals surface area contributed by atoms with Gasteiger partial charge < -0.3 is 15.0 Å². The van der Waals surface area contributed by atoms with E-state index in [4.69, 9.17) is 4.74 Å². The van der Waals surface area contributed by atoms with E-state index in [0.717, 1.165) is 12.8 Å². The van der Waals surface area contributed by atoms with E-state index in [1.54, 1.807) is 16.6 Å². The maximum absolute atomic E-state index is 11.5. The molecule has 0 aromatic carbocycles. The second-order valence-electron chi connectivity index (χ2n) is 4.23. The molecule has 1 saturated heterocycles. The Morgan fingerprint density at radius 1 is 1.50 bits per heavy atom. The number of likely N-dealkylation sites (tertiary alicyclic amines) is 1. The van der Waals surface area contributed by atoms with Crippen LogP contribution in [0.4, 0.5) is 10.7 Å². The van der Waals surface area contributed by atoms with Gasteiger partial charge in [-0.15, -0.1) is 0 Å². The van der Waals surface area contributed by atoms with Crippen LogP contribution in [0.5, 0.6) is 0 Å². The molecular weight excluding hydrogens is 236 g/mol. The zero-order valence-corrected chi connectivity index (χ0v) is 10.7. The number of anilines is 1. The molecule has 2 heterocycles. The van der Waals surface area contributed by atoms with E-state index >= 15 is 0 Å². The molecule has 18 heavy (non-hydrogen) atoms. The van der Waals surface area contributed by atoms with E-state index < -0.39 is 0 Å². The highest BCUT2D eigenvalue weighted by molar-refractivity contribution is 5.67. The van der Waals surface area contributed by atoms with Crippen molar-refractivity contribution in [2.45, 2.75) is 25.8 Å². The number of hydrogen-bond donors (Lipinski definition) is 1. The maximum atomic E-state index is 11.5. The highest BCUT2D eigenvalue weighted by Crippen LogP contribution is 2.14. The quantitative estimate of drug-likeness (QED) is 0.831. The molecule has 1 aromatic heterocycles. The fourth-order valence-corrected chi connectivity index (χ4v) is 1.96. The molecule has 1 amide bonds. The van der Waals surface area contributed by atoms with Gasteiger partial charge in [-0.1, -0.05) is 5.10 Å². The number of aromatic nitrogens is 4. The van der Waals surface area contributed by atoms with Gasteiger partial charge in [0.05, 0.1) is 6.61 Å². The third-order valence-corrected chi connectivity index (χ3v) is 2.97. The Labute approximate surface area is 105 Å². The summed E-state index contributed by atoms with van der Waals surface area (Å²) in [7, 11) is 1.79. The smallest absolute Gasteiger partial charge is 0.409 e. The third kappa shape index (κ3) is 2.88. The molecule has 0 aliphatic carbocycles. The molecule has 1 fully saturated rings. The van der Waals surface area contributed by atoms with Crippen molar-refractivity contribution in [1.29, 1.82) is 0 Å². The summed E-state index contributed by atoms with van der Waals surface area (Å²) in [5.41, 5.74) is 0. The molecule has 1 aliphatic rings. The van der Waals surface area contributed by atoms with Gasteiger partial charge in [0.25, 0.3) is 0 Å². The summed E-state index contributed by atoms with van der Waals surface area (Å²) in [6.07, 6.45) is 1.51. The molecule has 100 valence electrons. The molecule has 8 heteroatoms. The van der Waals surface area contributed by atoms with Crippen molar-refractivity contribution in [1.82, 2.24) is 25.1 Å². The number of nitrogens with zero attached hydrogens (tertiary/aromatic N) is 5. The lowest BCUT2D eigenvalue weighted by Crippen LogP contribution is -2.42. The van der Waals surface area contributed by atoms with Crippen molar-refractivity contribution < 1.29 is 9.53 Å². The van der Waals surface area contributed by atoms with Crippen LogP contribution >= 0.6 is 0 Å². The molecule has 0 saturated carbocycles. The monoisotopic (exact) mass is 254 g/mol. The zero-order chi connectivity index (χ0) is 13.0. The van der Waals surface area contributed by atoms with E-state index in [-0.39, 0.29) is 6.09 Å². The average molecular weight is 254 g/mol. The van der Waals surface area contributed by atoms with Crippen molar-refractivity contribution in [2.75, 3.05) is 25.0 Å². The molecule has 2 rings (SSSR count). The first-order valence-corrected chi connectivity index (χ1v) is 6.11. The lowest BCUT2D eigenvalue weighted by atomic mass is 10.1. The number of piperidine rings is 1. The standard InChI is InChI=1S/C10H18N6O2/c1-3-18-10(17)16-6-4-8(5-7-16)11-9-12-13-14-15(9)2/h8H,3-7H2,1-2H3,(H,11,12,14). The van der Waals surface area contributed by atoms with Crippen LogP contribution in [0.15, 0.2) is 0 Å². The van der Waals surface area contributed by atoms with E-state index in [9.17, 15) is 4.79 Å². The largest absolute Gasteiger partial charge is 0.450 e. The number of tetrazole rings is 1. The molecule has 1 aromatic rings. The van der Waals surface area contributed by atoms with E-state index in [1.807, 2.05) is 6.92 Å². The number of carbonyl (C=O) groups is 1. The normalized spacial score (nSPS) is 16.7. The predicted octanol–water partition coefficient (Wildman–Crippen LogP) is 0.243. The minimum atomic E-state index is -0.226. The second kappa shape index (κ2) is 5.65. The van der Waals surface area contributed by atoms with Crippen molar-refractivity contribution in [3.05, 3.63) is 0 Å². The fourth-order valence-electron chi connectivity index (χ4n) is 1.96. The number of aryl methyl sites for hydroxylation is 1. The summed E-state index contributed by atoms with van der Waals surface area (Å²) in [6.45, 7) is 3.62. The Morgan fingerprint density at radius 2 is 2.22 bits per heavy atom. The number of nitrogens with one attached hydrogen (secondary N) is 1. The van der Waals surface area contributed by atoms with E-state index in [0.29, 0.717) is 31.7 Å². The first kappa shape index (κ1) is 12.6. The minimum absolute atomic E-state index is 0.226. The number of hydrogen-bond acceptors (Lipinski definition) is 6. The molecule has 0 atom stereocenters. The average Bonchev–Trinajstić information content (AvgIpc) is 2.76. The summed E-state index contributed by atoms with van der Waals surface area (Å²) in [4.78, 5) is 13.3. The van der Waals surface area contributed by atoms with E-state index in [1.165, 1.54) is 0 Å². The zero-order valence-electron chi connectivity index (χ0n) is 10.7. The van der Waals surface area contributed by atoms with Gasteiger partial charge in [-0.2, -0.15) is 0 Å². The fraction of sp³-hybridized carbons (Fsp3) is 0.800. The summed E-state index contributed by atoms with van der Waals surface area (Å²) in [6, 6.07) is 0.292. The molecule has 0 bridgehead atoms. The number of amides is 1. The molecule has 0 spiro atoms. The Morgan fingerprint density at radius 3 is 2.78 bits per heavy atom. The summed E-state index contributed by atoms with van der Waals surface area (Å²) >= 11 is 0. The van der Waals surface area contributed by atoms with Crippen LogP contribution in [0.2, 0.25) is 0 Å². The summed E-state index contributed by atoms with van der Waals surface area (Å²) in [5.74, 6) is 0.657. The SMILES string of the molecule is CCOC(=O)N1CCC(Nc2nnnn2C)CC1. The lowest BCUT2D eigenvalue weighted by molar-refractivity contribution is 0.0983. The Hall–Kier alpha value is -1.86. The highest BCUT2D eigenvalue weighted by Gasteiger charge is 2.24. The van der Waals surface area contributed by atoms with Crippen LogP contribution in [-0.4, -0.2) is 56.9 Å². The van der Waals surface area contributed by atoms with E-state index in [2.05, 4.69) is 20.8 Å². The number of carbonyl (C=O) groups excluding carboxylic acids is 1. The Bertz CT molecular complexity index is 399. The third-order valence-electron chi connectivity index (χ3n) is 2.97. The van der Waals surface area contributed by atoms with Crippen molar-refractivity contribution in [3.63, 3.8) is 0 Å².